The van der Waals surface area contributed by atoms with Crippen molar-refractivity contribution >= 4 is 23.3 Å². The van der Waals surface area contributed by atoms with E-state index in [1.807, 2.05) is 0 Å². The Balaban J connectivity index is 1.46. The van der Waals surface area contributed by atoms with E-state index in [9.17, 15) is 23.9 Å². The number of Topliss-reactive ketones (excluding diaryl/α,β-unsaturated/α-hetero) is 1. The highest BCUT2D eigenvalue weighted by Crippen LogP contribution is 2.46. The zero-order chi connectivity index (χ0) is 27.2. The lowest BCUT2D eigenvalue weighted by atomic mass is 9.81. The molecule has 0 spiro atoms. The summed E-state index contributed by atoms with van der Waals surface area (Å²) in [7, 11) is 0. The highest BCUT2D eigenvalue weighted by atomic mass is 19.1. The normalized spacial score (nSPS) is 19.3. The number of nitrogens with zero attached hydrogens (tertiary/aromatic N) is 1. The third kappa shape index (κ3) is 4.47. The predicted molar refractivity (Wildman–Crippen MR) is 135 cm³/mol. The summed E-state index contributed by atoms with van der Waals surface area (Å²) in [4.78, 5) is 41.6. The number of nitrogens with one attached hydrogen (secondary N) is 1. The van der Waals surface area contributed by atoms with Crippen LogP contribution in [0.5, 0.6) is 11.5 Å². The molecule has 0 aliphatic carbocycles. The average molecular weight is 520 g/mol. The standard InChI is InChI=1S/C28H26FN3O6/c1-27(26(30)35)14-38-25-18(27)12-22(32-24(25)15-3-6-17(29)7-4-15)28(2,36)10-9-20(33)16-5-8-21-19(11-16)31-23(34)13-37-21/h3-8,11-12,36H,9-10,13-14H2,1-2H3,(H2,30,35)(H,31,34)/t27-,28-/m0/s1. The van der Waals surface area contributed by atoms with Gasteiger partial charge in [0.25, 0.3) is 5.91 Å². The van der Waals surface area contributed by atoms with Crippen LogP contribution >= 0.6 is 0 Å². The first-order valence-corrected chi connectivity index (χ1v) is 12.0. The van der Waals surface area contributed by atoms with Gasteiger partial charge in [0.15, 0.2) is 12.4 Å². The Bertz CT molecular complexity index is 1470. The zero-order valence-electron chi connectivity index (χ0n) is 20.8. The van der Waals surface area contributed by atoms with Crippen molar-refractivity contribution in [3.63, 3.8) is 0 Å². The number of anilines is 1. The maximum absolute atomic E-state index is 13.6. The quantitative estimate of drug-likeness (QED) is 0.407. The molecule has 4 N–H and O–H groups in total. The number of rotatable bonds is 7. The summed E-state index contributed by atoms with van der Waals surface area (Å²) in [6.07, 6.45) is -0.0244. The topological polar surface area (TPSA) is 141 Å². The Morgan fingerprint density at radius 2 is 1.92 bits per heavy atom. The van der Waals surface area contributed by atoms with Crippen LogP contribution in [-0.4, -0.2) is 40.9 Å². The van der Waals surface area contributed by atoms with Gasteiger partial charge in [-0.25, -0.2) is 9.37 Å². The molecule has 3 heterocycles. The number of hydrogen-bond donors (Lipinski definition) is 3. The lowest BCUT2D eigenvalue weighted by molar-refractivity contribution is -0.123. The smallest absolute Gasteiger partial charge is 0.262 e. The molecule has 3 aromatic rings. The SMILES string of the molecule is C[C@](O)(CCC(=O)c1ccc2c(c1)NC(=O)CO2)c1cc2c(c(-c3ccc(F)cc3)n1)OC[C@]2(C)C(N)=O. The van der Waals surface area contributed by atoms with E-state index in [4.69, 9.17) is 15.2 Å². The lowest BCUT2D eigenvalue weighted by Gasteiger charge is -2.26. The fraction of sp³-hybridized carbons (Fsp3) is 0.286. The highest BCUT2D eigenvalue weighted by molar-refractivity contribution is 6.00. The second kappa shape index (κ2) is 9.21. The largest absolute Gasteiger partial charge is 0.489 e. The molecule has 2 atom stereocenters. The fourth-order valence-electron chi connectivity index (χ4n) is 4.55. The van der Waals surface area contributed by atoms with Crippen LogP contribution in [0.1, 0.15) is 48.3 Å². The van der Waals surface area contributed by atoms with Crippen LogP contribution < -0.4 is 20.5 Å². The second-order valence-corrected chi connectivity index (χ2v) is 9.97. The molecule has 1 aromatic heterocycles. The van der Waals surface area contributed by atoms with Crippen molar-refractivity contribution in [3.8, 4) is 22.8 Å². The van der Waals surface area contributed by atoms with Crippen molar-refractivity contribution in [2.45, 2.75) is 37.7 Å². The Labute approximate surface area is 217 Å². The Kier molecular flexibility index (Phi) is 6.15. The van der Waals surface area contributed by atoms with Gasteiger partial charge in [-0.15, -0.1) is 0 Å². The molecule has 196 valence electrons. The number of pyridine rings is 1. The van der Waals surface area contributed by atoms with Crippen molar-refractivity contribution in [3.05, 3.63) is 71.2 Å². The molecule has 9 nitrogen and oxygen atoms in total. The minimum atomic E-state index is -1.58. The third-order valence-electron chi connectivity index (χ3n) is 7.06. The molecule has 0 saturated carbocycles. The van der Waals surface area contributed by atoms with Gasteiger partial charge in [-0.1, -0.05) is 0 Å². The van der Waals surface area contributed by atoms with Crippen molar-refractivity contribution in [2.75, 3.05) is 18.5 Å². The summed E-state index contributed by atoms with van der Waals surface area (Å²) in [6, 6.07) is 12.0. The molecule has 2 amide bonds. The number of aromatic nitrogens is 1. The number of hydrogen-bond acceptors (Lipinski definition) is 7. The molecule has 2 aromatic carbocycles. The van der Waals surface area contributed by atoms with E-state index in [1.165, 1.54) is 31.2 Å². The number of nitrogens with two attached hydrogens (primary N) is 1. The van der Waals surface area contributed by atoms with Crippen LogP contribution in [0, 0.1) is 5.82 Å². The molecule has 38 heavy (non-hydrogen) atoms. The number of ketones is 1. The number of amides is 2. The number of halogens is 1. The summed E-state index contributed by atoms with van der Waals surface area (Å²) >= 11 is 0. The van der Waals surface area contributed by atoms with Gasteiger partial charge < -0.3 is 25.6 Å². The average Bonchev–Trinajstić information content (AvgIpc) is 3.25. The molecular formula is C28H26FN3O6. The first-order chi connectivity index (χ1) is 18.0. The fourth-order valence-corrected chi connectivity index (χ4v) is 4.55. The van der Waals surface area contributed by atoms with Crippen LogP contribution in [0.15, 0.2) is 48.5 Å². The monoisotopic (exact) mass is 519 g/mol. The van der Waals surface area contributed by atoms with Crippen LogP contribution in [0.3, 0.4) is 0 Å². The molecule has 0 unspecified atom stereocenters. The summed E-state index contributed by atoms with van der Waals surface area (Å²) in [6.45, 7) is 3.09. The van der Waals surface area contributed by atoms with Gasteiger partial charge in [0.1, 0.15) is 40.6 Å². The second-order valence-electron chi connectivity index (χ2n) is 9.97. The predicted octanol–water partition coefficient (Wildman–Crippen LogP) is 3.22. The number of benzene rings is 2. The van der Waals surface area contributed by atoms with E-state index in [0.29, 0.717) is 39.6 Å². The Morgan fingerprint density at radius 3 is 2.63 bits per heavy atom. The van der Waals surface area contributed by atoms with Crippen LogP contribution in [0.2, 0.25) is 0 Å². The van der Waals surface area contributed by atoms with Crippen molar-refractivity contribution < 1.29 is 33.4 Å². The molecular weight excluding hydrogens is 493 g/mol. The zero-order valence-corrected chi connectivity index (χ0v) is 20.8. The Morgan fingerprint density at radius 1 is 1.18 bits per heavy atom. The molecule has 0 fully saturated rings. The van der Waals surface area contributed by atoms with Crippen LogP contribution in [-0.2, 0) is 20.6 Å². The van der Waals surface area contributed by atoms with E-state index in [0.717, 1.165) is 0 Å². The summed E-state index contributed by atoms with van der Waals surface area (Å²) in [5, 5.41) is 14.1. The molecule has 0 saturated heterocycles. The van der Waals surface area contributed by atoms with Crippen LogP contribution in [0.25, 0.3) is 11.3 Å². The first-order valence-electron chi connectivity index (χ1n) is 12.0. The molecule has 5 rings (SSSR count). The van der Waals surface area contributed by atoms with Crippen molar-refractivity contribution in [1.29, 1.82) is 0 Å². The van der Waals surface area contributed by atoms with Gasteiger partial charge in [0.2, 0.25) is 5.91 Å². The van der Waals surface area contributed by atoms with E-state index < -0.39 is 22.7 Å². The van der Waals surface area contributed by atoms with Crippen LogP contribution in [0.4, 0.5) is 10.1 Å². The molecule has 10 heteroatoms. The van der Waals surface area contributed by atoms with E-state index in [-0.39, 0.29) is 43.4 Å². The number of aliphatic hydroxyl groups is 1. The number of primary amides is 1. The van der Waals surface area contributed by atoms with Crippen molar-refractivity contribution in [2.24, 2.45) is 5.73 Å². The van der Waals surface area contributed by atoms with Gasteiger partial charge >= 0.3 is 0 Å². The minimum absolute atomic E-state index is 0.00377. The number of carbonyl (C=O) groups excluding carboxylic acids is 3. The van der Waals surface area contributed by atoms with E-state index in [1.54, 1.807) is 31.2 Å². The number of ether oxygens (including phenoxy) is 2. The summed E-state index contributed by atoms with van der Waals surface area (Å²) in [5.41, 5.74) is 5.27. The van der Waals surface area contributed by atoms with Gasteiger partial charge in [0.05, 0.1) is 11.4 Å². The van der Waals surface area contributed by atoms with Gasteiger partial charge in [-0.3, -0.25) is 14.4 Å². The van der Waals surface area contributed by atoms with Gasteiger partial charge in [-0.2, -0.15) is 0 Å². The molecule has 2 aliphatic rings. The number of carbonyl (C=O) groups is 3. The maximum atomic E-state index is 13.6. The van der Waals surface area contributed by atoms with E-state index >= 15 is 0 Å². The van der Waals surface area contributed by atoms with E-state index in [2.05, 4.69) is 10.3 Å². The first kappa shape index (κ1) is 25.3. The third-order valence-corrected chi connectivity index (χ3v) is 7.06. The van der Waals surface area contributed by atoms with Gasteiger partial charge in [0, 0.05) is 23.1 Å². The van der Waals surface area contributed by atoms with Gasteiger partial charge in [-0.05, 0) is 68.8 Å². The maximum Gasteiger partial charge on any atom is 0.262 e. The summed E-state index contributed by atoms with van der Waals surface area (Å²) < 4.78 is 24.8. The Hall–Kier alpha value is -4.31. The minimum Gasteiger partial charge on any atom is -0.489 e. The van der Waals surface area contributed by atoms with Crippen molar-refractivity contribution in [1.82, 2.24) is 4.98 Å². The molecule has 2 aliphatic heterocycles. The molecule has 0 radical (unpaired) electrons. The summed E-state index contributed by atoms with van der Waals surface area (Å²) in [5.74, 6) is -0.773. The molecule has 0 bridgehead atoms. The lowest BCUT2D eigenvalue weighted by Crippen LogP contribution is -2.40. The highest BCUT2D eigenvalue weighted by Gasteiger charge is 2.45. The number of fused-ring (bicyclic) bond motifs is 2.